The van der Waals surface area contributed by atoms with Gasteiger partial charge in [0.25, 0.3) is 10.1 Å². The lowest BCUT2D eigenvalue weighted by Gasteiger charge is -2.10. The number of hydrogen-bond donors (Lipinski definition) is 5. The highest BCUT2D eigenvalue weighted by Crippen LogP contribution is 2.42. The second-order valence-electron chi connectivity index (χ2n) is 14.3. The molecule has 7 rings (SSSR count). The molecule has 0 spiro atoms. The number of anilines is 2. The first-order valence-corrected chi connectivity index (χ1v) is 21.0. The normalized spacial score (nSPS) is 12.0. The molecule has 0 aromatic heterocycles. The molecule has 0 bridgehead atoms. The van der Waals surface area contributed by atoms with Crippen LogP contribution in [0.5, 0.6) is 17.2 Å². The summed E-state index contributed by atoms with van der Waals surface area (Å²) in [4.78, 5) is -0.347. The number of methoxy groups -OCH3 is 2. The minimum atomic E-state index is -4.47. The Bertz CT molecular complexity index is 3100. The van der Waals surface area contributed by atoms with E-state index in [1.807, 2.05) is 55.5 Å². The number of hydrogen-bond acceptors (Lipinski definition) is 16. The van der Waals surface area contributed by atoms with Crippen molar-refractivity contribution in [1.29, 1.82) is 0 Å². The number of nitrogens with zero attached hydrogens (tertiary/aromatic N) is 8. The number of nitrogen functional groups attached to an aromatic ring is 1. The first-order valence-electron chi connectivity index (χ1n) is 19.5. The van der Waals surface area contributed by atoms with E-state index in [1.165, 1.54) is 32.4 Å². The molecule has 0 heterocycles. The first kappa shape index (κ1) is 44.1. The number of aliphatic hydroxyl groups is 1. The van der Waals surface area contributed by atoms with E-state index in [9.17, 15) is 23.2 Å². The van der Waals surface area contributed by atoms with Gasteiger partial charge in [-0.2, -0.15) is 23.8 Å². The second kappa shape index (κ2) is 19.4. The molecule has 17 nitrogen and oxygen atoms in total. The molecule has 0 aliphatic carbocycles. The Balaban J connectivity index is 1.05. The monoisotopic (exact) mass is 878 g/mol. The van der Waals surface area contributed by atoms with Crippen molar-refractivity contribution >= 4 is 77.8 Å². The van der Waals surface area contributed by atoms with Gasteiger partial charge in [0.1, 0.15) is 39.1 Å². The van der Waals surface area contributed by atoms with Crippen molar-refractivity contribution < 1.29 is 32.7 Å². The van der Waals surface area contributed by atoms with E-state index in [0.29, 0.717) is 74.4 Å². The van der Waals surface area contributed by atoms with Gasteiger partial charge in [0, 0.05) is 41.0 Å². The van der Waals surface area contributed by atoms with Gasteiger partial charge in [0.2, 0.25) is 0 Å². The number of ether oxygens (including phenoxy) is 2. The van der Waals surface area contributed by atoms with E-state index in [0.717, 1.165) is 22.2 Å². The van der Waals surface area contributed by atoms with Crippen LogP contribution in [0.1, 0.15) is 22.3 Å². The number of rotatable bonds is 15. The lowest BCUT2D eigenvalue weighted by molar-refractivity contribution is 0.282. The van der Waals surface area contributed by atoms with Crippen molar-refractivity contribution in [2.45, 2.75) is 31.9 Å². The quantitative estimate of drug-likeness (QED) is 0.0372. The minimum Gasteiger partial charge on any atom is -0.505 e. The number of nitrogens with two attached hydrogens (primary N) is 1. The molecule has 0 atom stereocenters. The molecule has 6 N–H and O–H groups in total. The largest absolute Gasteiger partial charge is 0.505 e. The molecule has 0 saturated heterocycles. The van der Waals surface area contributed by atoms with Crippen molar-refractivity contribution in [2.75, 3.05) is 25.3 Å². The highest BCUT2D eigenvalue weighted by atomic mass is 32.2. The lowest BCUT2D eigenvalue weighted by Crippen LogP contribution is -1.99. The van der Waals surface area contributed by atoms with Crippen molar-refractivity contribution in [2.24, 2.45) is 40.9 Å². The standard InChI is InChI=1S/C46H42N10O7S/c1-27-19-34(15-18-36(27)50-51-37-7-5-6-8-45(37)64(59,60)61)49-53-39-23-43(62-3)41(20-28(39)2)55-54-40-24-44(63-4)42(22-31(40)26-57)56-52-38-17-11-30-21-33(14-16-35(30)46(38)58)48-25-29-9-12-32(47)13-10-29/h5-24,48,57-58H,25-26,47H2,1-4H3,(H,59,60,61). The SMILES string of the molecule is COc1cc(N=Nc2ccc(N=Nc3ccccc3S(=O)(=O)O)c(C)c2)c(C)cc1N=Nc1cc(OC)c(N=Nc2ccc3cc(NCc4ccc(N)cc4)ccc3c2O)cc1CO. The van der Waals surface area contributed by atoms with Crippen LogP contribution < -0.4 is 20.5 Å². The zero-order valence-corrected chi connectivity index (χ0v) is 35.8. The summed E-state index contributed by atoms with van der Waals surface area (Å²) >= 11 is 0. The number of aryl methyl sites for hydroxylation is 2. The molecule has 64 heavy (non-hydrogen) atoms. The van der Waals surface area contributed by atoms with E-state index < -0.39 is 16.7 Å². The molecule has 0 fully saturated rings. The maximum Gasteiger partial charge on any atom is 0.296 e. The van der Waals surface area contributed by atoms with Gasteiger partial charge >= 0.3 is 0 Å². The van der Waals surface area contributed by atoms with Crippen LogP contribution in [0.4, 0.5) is 56.9 Å². The molecule has 18 heteroatoms. The summed E-state index contributed by atoms with van der Waals surface area (Å²) in [5.74, 6) is 0.633. The summed E-state index contributed by atoms with van der Waals surface area (Å²) < 4.78 is 44.1. The third kappa shape index (κ3) is 10.4. The van der Waals surface area contributed by atoms with Gasteiger partial charge in [-0.05, 0) is 115 Å². The highest BCUT2D eigenvalue weighted by molar-refractivity contribution is 7.86. The number of aromatic hydroxyl groups is 1. The molecular weight excluding hydrogens is 837 g/mol. The predicted octanol–water partition coefficient (Wildman–Crippen LogP) is 12.8. The zero-order valence-electron chi connectivity index (χ0n) is 35.0. The lowest BCUT2D eigenvalue weighted by atomic mass is 10.1. The van der Waals surface area contributed by atoms with E-state index in [-0.39, 0.29) is 22.0 Å². The Morgan fingerprint density at radius 1 is 0.609 bits per heavy atom. The smallest absolute Gasteiger partial charge is 0.296 e. The molecule has 0 unspecified atom stereocenters. The van der Waals surface area contributed by atoms with Crippen LogP contribution >= 0.6 is 0 Å². The number of azo groups is 4. The zero-order chi connectivity index (χ0) is 45.4. The van der Waals surface area contributed by atoms with Crippen LogP contribution in [0, 0.1) is 13.8 Å². The number of aliphatic hydroxyl groups excluding tert-OH is 1. The van der Waals surface area contributed by atoms with E-state index in [2.05, 4.69) is 46.2 Å². The summed E-state index contributed by atoms with van der Waals surface area (Å²) in [7, 11) is -1.52. The summed E-state index contributed by atoms with van der Waals surface area (Å²) in [6, 6.07) is 34.2. The number of nitrogens with one attached hydrogen (secondary N) is 1. The van der Waals surface area contributed by atoms with Gasteiger partial charge in [-0.1, -0.05) is 30.3 Å². The van der Waals surface area contributed by atoms with Gasteiger partial charge in [0.15, 0.2) is 5.75 Å². The van der Waals surface area contributed by atoms with Gasteiger partial charge in [-0.25, -0.2) is 0 Å². The Labute approximate surface area is 368 Å². The number of fused-ring (bicyclic) bond motifs is 1. The van der Waals surface area contributed by atoms with Gasteiger partial charge in [0.05, 0.1) is 43.6 Å². The first-order chi connectivity index (χ1) is 30.8. The summed E-state index contributed by atoms with van der Waals surface area (Å²) in [5, 5.41) is 60.7. The van der Waals surface area contributed by atoms with Gasteiger partial charge < -0.3 is 30.7 Å². The van der Waals surface area contributed by atoms with Gasteiger partial charge in [-0.3, -0.25) is 4.55 Å². The molecule has 7 aromatic carbocycles. The molecule has 0 aliphatic heterocycles. The van der Waals surface area contributed by atoms with Gasteiger partial charge in [-0.15, -0.1) is 25.6 Å². The maximum atomic E-state index is 11.7. The molecule has 0 aliphatic rings. The van der Waals surface area contributed by atoms with Crippen LogP contribution in [0.15, 0.2) is 167 Å². The van der Waals surface area contributed by atoms with Crippen molar-refractivity contribution in [3.8, 4) is 17.2 Å². The Kier molecular flexibility index (Phi) is 13.4. The Morgan fingerprint density at radius 3 is 1.92 bits per heavy atom. The maximum absolute atomic E-state index is 11.7. The molecule has 0 radical (unpaired) electrons. The number of benzene rings is 7. The number of phenolic OH excluding ortho intramolecular Hbond substituents is 1. The minimum absolute atomic E-state index is 0.00129. The molecule has 0 saturated carbocycles. The van der Waals surface area contributed by atoms with Crippen LogP contribution in [0.3, 0.4) is 0 Å². The van der Waals surface area contributed by atoms with Crippen LogP contribution in [-0.2, 0) is 23.3 Å². The summed E-state index contributed by atoms with van der Waals surface area (Å²) in [6.07, 6.45) is 0. The summed E-state index contributed by atoms with van der Waals surface area (Å²) in [5.41, 5.74) is 13.0. The van der Waals surface area contributed by atoms with E-state index >= 15 is 0 Å². The van der Waals surface area contributed by atoms with Crippen LogP contribution in [-0.4, -0.2) is 37.4 Å². The van der Waals surface area contributed by atoms with Crippen molar-refractivity contribution in [3.05, 3.63) is 144 Å². The van der Waals surface area contributed by atoms with Crippen molar-refractivity contribution in [1.82, 2.24) is 0 Å². The third-order valence-corrected chi connectivity index (χ3v) is 10.8. The average molecular weight is 879 g/mol. The average Bonchev–Trinajstić information content (AvgIpc) is 3.29. The molecule has 324 valence electrons. The second-order valence-corrected chi connectivity index (χ2v) is 15.7. The topological polar surface area (TPSA) is 250 Å². The molecule has 0 amide bonds. The van der Waals surface area contributed by atoms with E-state index in [4.69, 9.17) is 15.2 Å². The van der Waals surface area contributed by atoms with E-state index in [1.54, 1.807) is 61.5 Å². The Hall–Kier alpha value is -7.93. The van der Waals surface area contributed by atoms with Crippen molar-refractivity contribution in [3.63, 3.8) is 0 Å². The third-order valence-electron chi connectivity index (χ3n) is 9.89. The fraction of sp³-hybridized carbons (Fsp3) is 0.130. The fourth-order valence-corrected chi connectivity index (χ4v) is 7.04. The number of phenols is 1. The predicted molar refractivity (Wildman–Crippen MR) is 245 cm³/mol. The van der Waals surface area contributed by atoms with Crippen LogP contribution in [0.25, 0.3) is 10.8 Å². The fourth-order valence-electron chi connectivity index (χ4n) is 6.41. The molecular formula is C46H42N10O7S. The van der Waals surface area contributed by atoms with Crippen LogP contribution in [0.2, 0.25) is 0 Å². The highest BCUT2D eigenvalue weighted by Gasteiger charge is 2.16. The summed E-state index contributed by atoms with van der Waals surface area (Å²) in [6.45, 7) is 3.85. The Morgan fingerprint density at radius 2 is 1.22 bits per heavy atom. The molecule has 7 aromatic rings.